The van der Waals surface area contributed by atoms with Crippen molar-refractivity contribution in [3.8, 4) is 17.2 Å². The highest BCUT2D eigenvalue weighted by molar-refractivity contribution is 5.93. The van der Waals surface area contributed by atoms with Crippen LogP contribution in [-0.4, -0.2) is 26.7 Å². The lowest BCUT2D eigenvalue weighted by molar-refractivity contribution is -0.118. The second-order valence-electron chi connectivity index (χ2n) is 4.48. The molecule has 23 heavy (non-hydrogen) atoms. The molecule has 0 heterocycles. The smallest absolute Gasteiger partial charge is 0.262 e. The van der Waals surface area contributed by atoms with E-state index in [4.69, 9.17) is 14.2 Å². The Balaban J connectivity index is 2.00. The number of anilines is 1. The topological polar surface area (TPSA) is 56.8 Å². The molecule has 0 aliphatic heterocycles. The van der Waals surface area contributed by atoms with Gasteiger partial charge in [0.25, 0.3) is 5.91 Å². The van der Waals surface area contributed by atoms with Crippen molar-refractivity contribution in [1.82, 2.24) is 0 Å². The number of halogens is 2. The van der Waals surface area contributed by atoms with E-state index in [9.17, 15) is 13.6 Å². The number of methoxy groups -OCH3 is 2. The molecule has 2 rings (SSSR count). The Kier molecular flexibility index (Phi) is 5.35. The van der Waals surface area contributed by atoms with E-state index in [0.717, 1.165) is 12.1 Å². The molecule has 1 N–H and O–H groups in total. The van der Waals surface area contributed by atoms with Crippen molar-refractivity contribution in [3.05, 3.63) is 48.0 Å². The molecule has 0 bridgehead atoms. The zero-order chi connectivity index (χ0) is 16.8. The quantitative estimate of drug-likeness (QED) is 0.888. The molecule has 0 atom stereocenters. The van der Waals surface area contributed by atoms with Crippen molar-refractivity contribution in [2.75, 3.05) is 26.1 Å². The molecule has 0 saturated carbocycles. The maximum absolute atomic E-state index is 13.0. The van der Waals surface area contributed by atoms with Gasteiger partial charge in [-0.3, -0.25) is 4.79 Å². The fourth-order valence-corrected chi connectivity index (χ4v) is 1.81. The van der Waals surface area contributed by atoms with E-state index in [1.165, 1.54) is 20.3 Å². The number of rotatable bonds is 6. The van der Waals surface area contributed by atoms with Crippen LogP contribution in [0.4, 0.5) is 14.5 Å². The number of benzene rings is 2. The number of ether oxygens (including phenoxy) is 3. The van der Waals surface area contributed by atoms with Gasteiger partial charge in [0, 0.05) is 12.1 Å². The van der Waals surface area contributed by atoms with E-state index in [2.05, 4.69) is 5.32 Å². The first kappa shape index (κ1) is 16.5. The predicted molar refractivity (Wildman–Crippen MR) is 80.0 cm³/mol. The molecule has 0 unspecified atom stereocenters. The van der Waals surface area contributed by atoms with Crippen LogP contribution in [0.15, 0.2) is 36.4 Å². The molecule has 0 fully saturated rings. The molecule has 0 saturated heterocycles. The van der Waals surface area contributed by atoms with Crippen LogP contribution in [0.5, 0.6) is 17.2 Å². The van der Waals surface area contributed by atoms with Crippen molar-refractivity contribution in [1.29, 1.82) is 0 Å². The molecular weight excluding hydrogens is 308 g/mol. The molecule has 1 amide bonds. The summed E-state index contributed by atoms with van der Waals surface area (Å²) in [6, 6.07) is 7.95. The molecule has 5 nitrogen and oxygen atoms in total. The lowest BCUT2D eigenvalue weighted by Gasteiger charge is -2.12. The molecule has 122 valence electrons. The summed E-state index contributed by atoms with van der Waals surface area (Å²) in [5.74, 6) is -1.46. The zero-order valence-electron chi connectivity index (χ0n) is 12.6. The van der Waals surface area contributed by atoms with E-state index in [1.54, 1.807) is 18.2 Å². The molecule has 0 aromatic heterocycles. The van der Waals surface area contributed by atoms with Gasteiger partial charge in [-0.1, -0.05) is 0 Å². The van der Waals surface area contributed by atoms with Gasteiger partial charge in [0.1, 0.15) is 17.2 Å². The summed E-state index contributed by atoms with van der Waals surface area (Å²) >= 11 is 0. The van der Waals surface area contributed by atoms with Crippen molar-refractivity contribution < 1.29 is 27.8 Å². The second kappa shape index (κ2) is 7.44. The average Bonchev–Trinajstić information content (AvgIpc) is 2.55. The third kappa shape index (κ3) is 4.32. The standard InChI is InChI=1S/C16H15F2NO4/c1-21-10-4-6-15(22-2)14(8-10)19-16(20)9-23-11-3-5-12(17)13(18)7-11/h3-8H,9H2,1-2H3,(H,19,20). The van der Waals surface area contributed by atoms with Gasteiger partial charge < -0.3 is 19.5 Å². The number of hydrogen-bond donors (Lipinski definition) is 1. The van der Waals surface area contributed by atoms with E-state index >= 15 is 0 Å². The number of hydrogen-bond acceptors (Lipinski definition) is 4. The van der Waals surface area contributed by atoms with E-state index in [1.807, 2.05) is 0 Å². The van der Waals surface area contributed by atoms with Gasteiger partial charge in [0.05, 0.1) is 19.9 Å². The summed E-state index contributed by atoms with van der Waals surface area (Å²) in [4.78, 5) is 11.9. The molecule has 0 aliphatic carbocycles. The van der Waals surface area contributed by atoms with Crippen LogP contribution in [-0.2, 0) is 4.79 Å². The van der Waals surface area contributed by atoms with Crippen LogP contribution in [0, 0.1) is 11.6 Å². The van der Waals surface area contributed by atoms with Gasteiger partial charge in [-0.25, -0.2) is 8.78 Å². The molecule has 2 aromatic carbocycles. The summed E-state index contributed by atoms with van der Waals surface area (Å²) in [5.41, 5.74) is 0.408. The second-order valence-corrected chi connectivity index (χ2v) is 4.48. The maximum Gasteiger partial charge on any atom is 0.262 e. The highest BCUT2D eigenvalue weighted by Gasteiger charge is 2.10. The minimum Gasteiger partial charge on any atom is -0.497 e. The normalized spacial score (nSPS) is 10.1. The first-order valence-corrected chi connectivity index (χ1v) is 6.63. The Bertz CT molecular complexity index is 706. The minimum absolute atomic E-state index is 0.0525. The summed E-state index contributed by atoms with van der Waals surface area (Å²) in [5, 5.41) is 2.60. The van der Waals surface area contributed by atoms with Crippen LogP contribution >= 0.6 is 0 Å². The van der Waals surface area contributed by atoms with Crippen LogP contribution < -0.4 is 19.5 Å². The van der Waals surface area contributed by atoms with Crippen molar-refractivity contribution in [2.45, 2.75) is 0 Å². The average molecular weight is 323 g/mol. The van der Waals surface area contributed by atoms with Crippen LogP contribution in [0.1, 0.15) is 0 Å². The predicted octanol–water partition coefficient (Wildman–Crippen LogP) is 3.00. The van der Waals surface area contributed by atoms with Gasteiger partial charge in [-0.15, -0.1) is 0 Å². The van der Waals surface area contributed by atoms with Gasteiger partial charge in [-0.05, 0) is 24.3 Å². The van der Waals surface area contributed by atoms with Gasteiger partial charge in [-0.2, -0.15) is 0 Å². The first-order chi connectivity index (χ1) is 11.0. The molecule has 0 spiro atoms. The fraction of sp³-hybridized carbons (Fsp3) is 0.188. The van der Waals surface area contributed by atoms with Crippen molar-refractivity contribution >= 4 is 11.6 Å². The lowest BCUT2D eigenvalue weighted by atomic mass is 10.2. The Hall–Kier alpha value is -2.83. The highest BCUT2D eigenvalue weighted by atomic mass is 19.2. The van der Waals surface area contributed by atoms with Crippen LogP contribution in [0.25, 0.3) is 0 Å². The van der Waals surface area contributed by atoms with E-state index in [0.29, 0.717) is 17.2 Å². The molecule has 7 heteroatoms. The SMILES string of the molecule is COc1ccc(OC)c(NC(=O)COc2ccc(F)c(F)c2)c1. The summed E-state index contributed by atoms with van der Waals surface area (Å²) in [6.07, 6.45) is 0. The van der Waals surface area contributed by atoms with Crippen LogP contribution in [0.2, 0.25) is 0 Å². The number of amides is 1. The molecule has 2 aromatic rings. The number of nitrogens with one attached hydrogen (secondary N) is 1. The van der Waals surface area contributed by atoms with Gasteiger partial charge in [0.15, 0.2) is 18.2 Å². The maximum atomic E-state index is 13.0. The minimum atomic E-state index is -1.04. The van der Waals surface area contributed by atoms with Gasteiger partial charge in [0.2, 0.25) is 0 Å². The Morgan fingerprint density at radius 3 is 2.39 bits per heavy atom. The van der Waals surface area contributed by atoms with Crippen LogP contribution in [0.3, 0.4) is 0 Å². The monoisotopic (exact) mass is 323 g/mol. The van der Waals surface area contributed by atoms with Crippen molar-refractivity contribution in [2.24, 2.45) is 0 Å². The molecule has 0 aliphatic rings. The summed E-state index contributed by atoms with van der Waals surface area (Å²) in [7, 11) is 2.97. The fourth-order valence-electron chi connectivity index (χ4n) is 1.81. The molecular formula is C16H15F2NO4. The summed E-state index contributed by atoms with van der Waals surface area (Å²) < 4.78 is 41.2. The lowest BCUT2D eigenvalue weighted by Crippen LogP contribution is -2.20. The molecule has 0 radical (unpaired) electrons. The van der Waals surface area contributed by atoms with Gasteiger partial charge >= 0.3 is 0 Å². The Morgan fingerprint density at radius 2 is 1.74 bits per heavy atom. The highest BCUT2D eigenvalue weighted by Crippen LogP contribution is 2.28. The Labute approximate surface area is 131 Å². The Morgan fingerprint density at radius 1 is 1.00 bits per heavy atom. The number of carbonyl (C=O) groups is 1. The largest absolute Gasteiger partial charge is 0.497 e. The summed E-state index contributed by atoms with van der Waals surface area (Å²) in [6.45, 7) is -0.370. The third-order valence-electron chi connectivity index (χ3n) is 2.94. The first-order valence-electron chi connectivity index (χ1n) is 6.63. The zero-order valence-corrected chi connectivity index (χ0v) is 12.6. The number of carbonyl (C=O) groups excluding carboxylic acids is 1. The third-order valence-corrected chi connectivity index (χ3v) is 2.94. The van der Waals surface area contributed by atoms with E-state index < -0.39 is 17.5 Å². The van der Waals surface area contributed by atoms with E-state index in [-0.39, 0.29) is 12.4 Å². The van der Waals surface area contributed by atoms with Crippen molar-refractivity contribution in [3.63, 3.8) is 0 Å².